The second-order valence-corrected chi connectivity index (χ2v) is 4.92. The van der Waals surface area contributed by atoms with Crippen LogP contribution in [0, 0.1) is 11.3 Å². The fourth-order valence-corrected chi connectivity index (χ4v) is 2.52. The van der Waals surface area contributed by atoms with E-state index in [-0.39, 0.29) is 0 Å². The number of hydrogen-bond donors (Lipinski definition) is 0. The summed E-state index contributed by atoms with van der Waals surface area (Å²) in [5.41, 5.74) is 4.00. The molecule has 0 aliphatic carbocycles. The molecule has 96 valence electrons. The van der Waals surface area contributed by atoms with Crippen molar-refractivity contribution in [3.05, 3.63) is 65.3 Å². The van der Waals surface area contributed by atoms with Gasteiger partial charge in [-0.1, -0.05) is 48.0 Å². The molecule has 0 saturated carbocycles. The molecular formula is C17H11ClN2. The number of pyridine rings is 1. The van der Waals surface area contributed by atoms with E-state index in [2.05, 4.69) is 29.3 Å². The first-order chi connectivity index (χ1) is 9.78. The molecule has 0 aliphatic rings. The molecule has 0 N–H and O–H groups in total. The maximum atomic E-state index is 8.94. The molecule has 0 atom stereocenters. The second-order valence-electron chi connectivity index (χ2n) is 4.54. The van der Waals surface area contributed by atoms with Crippen LogP contribution >= 0.6 is 11.6 Å². The summed E-state index contributed by atoms with van der Waals surface area (Å²) >= 11 is 6.00. The largest absolute Gasteiger partial charge is 0.236 e. The molecule has 0 amide bonds. The second kappa shape index (κ2) is 5.32. The first-order valence-corrected chi connectivity index (χ1v) is 6.67. The number of benzene rings is 2. The van der Waals surface area contributed by atoms with Crippen molar-refractivity contribution in [3.8, 4) is 17.2 Å². The first kappa shape index (κ1) is 12.7. The molecule has 0 spiro atoms. The van der Waals surface area contributed by atoms with Gasteiger partial charge in [0.05, 0.1) is 18.0 Å². The molecule has 2 nitrogen and oxygen atoms in total. The van der Waals surface area contributed by atoms with Gasteiger partial charge in [0.1, 0.15) is 5.15 Å². The number of hydrogen-bond acceptors (Lipinski definition) is 2. The molecular weight excluding hydrogens is 268 g/mol. The van der Waals surface area contributed by atoms with Crippen LogP contribution in [0.5, 0.6) is 0 Å². The van der Waals surface area contributed by atoms with Gasteiger partial charge in [0, 0.05) is 5.39 Å². The minimum atomic E-state index is 0.330. The lowest BCUT2D eigenvalue weighted by Gasteiger charge is -2.07. The van der Waals surface area contributed by atoms with Gasteiger partial charge < -0.3 is 0 Å². The Kier molecular flexibility index (Phi) is 3.37. The quantitative estimate of drug-likeness (QED) is 0.641. The lowest BCUT2D eigenvalue weighted by atomic mass is 10.00. The Hall–Kier alpha value is -2.37. The number of halogens is 1. The summed E-state index contributed by atoms with van der Waals surface area (Å²) in [6.07, 6.45) is 0.330. The third kappa shape index (κ3) is 2.36. The van der Waals surface area contributed by atoms with Crippen LogP contribution in [0.2, 0.25) is 5.15 Å². The third-order valence-corrected chi connectivity index (χ3v) is 3.43. The highest BCUT2D eigenvalue weighted by atomic mass is 35.5. The van der Waals surface area contributed by atoms with Crippen molar-refractivity contribution >= 4 is 22.5 Å². The zero-order valence-corrected chi connectivity index (χ0v) is 11.4. The average molecular weight is 279 g/mol. The van der Waals surface area contributed by atoms with Crippen LogP contribution < -0.4 is 0 Å². The Bertz CT molecular complexity index is 804. The van der Waals surface area contributed by atoms with Crippen molar-refractivity contribution in [1.82, 2.24) is 4.98 Å². The van der Waals surface area contributed by atoms with Crippen LogP contribution in [0.1, 0.15) is 5.56 Å². The first-order valence-electron chi connectivity index (χ1n) is 6.29. The van der Waals surface area contributed by atoms with Crippen molar-refractivity contribution < 1.29 is 0 Å². The van der Waals surface area contributed by atoms with Crippen molar-refractivity contribution in [3.63, 3.8) is 0 Å². The molecule has 2 aromatic carbocycles. The summed E-state index contributed by atoms with van der Waals surface area (Å²) in [6.45, 7) is 0. The lowest BCUT2D eigenvalue weighted by molar-refractivity contribution is 1.26. The van der Waals surface area contributed by atoms with Gasteiger partial charge in [0.2, 0.25) is 0 Å². The maximum Gasteiger partial charge on any atom is 0.130 e. The van der Waals surface area contributed by atoms with Gasteiger partial charge in [0.25, 0.3) is 0 Å². The van der Waals surface area contributed by atoms with Crippen LogP contribution in [-0.4, -0.2) is 4.98 Å². The highest BCUT2D eigenvalue weighted by molar-refractivity contribution is 6.30. The van der Waals surface area contributed by atoms with E-state index in [4.69, 9.17) is 16.9 Å². The standard InChI is InChI=1S/C17H11ClN2/c18-17-11-14(8-9-19)15-10-13(6-7-16(15)20-17)12-4-2-1-3-5-12/h1-7,10-11H,8H2. The Morgan fingerprint density at radius 3 is 2.55 bits per heavy atom. The topological polar surface area (TPSA) is 36.7 Å². The molecule has 0 bridgehead atoms. The van der Waals surface area contributed by atoms with Crippen molar-refractivity contribution in [1.29, 1.82) is 5.26 Å². The molecule has 0 radical (unpaired) electrons. The fourth-order valence-electron chi connectivity index (χ4n) is 2.30. The van der Waals surface area contributed by atoms with E-state index in [0.717, 1.165) is 27.6 Å². The molecule has 20 heavy (non-hydrogen) atoms. The van der Waals surface area contributed by atoms with Crippen LogP contribution in [0.4, 0.5) is 0 Å². The number of aromatic nitrogens is 1. The van der Waals surface area contributed by atoms with Gasteiger partial charge in [-0.3, -0.25) is 0 Å². The molecule has 3 rings (SSSR count). The lowest BCUT2D eigenvalue weighted by Crippen LogP contribution is -1.90. The number of rotatable bonds is 2. The van der Waals surface area contributed by atoms with Gasteiger partial charge in [-0.2, -0.15) is 5.26 Å². The summed E-state index contributed by atoms with van der Waals surface area (Å²) in [5, 5.41) is 10.4. The maximum absolute atomic E-state index is 8.94. The molecule has 1 heterocycles. The van der Waals surface area contributed by atoms with Gasteiger partial charge in [-0.05, 0) is 34.9 Å². The predicted octanol–water partition coefficient (Wildman–Crippen LogP) is 4.62. The van der Waals surface area contributed by atoms with Crippen LogP contribution in [0.3, 0.4) is 0 Å². The summed E-state index contributed by atoms with van der Waals surface area (Å²) < 4.78 is 0. The zero-order chi connectivity index (χ0) is 13.9. The SMILES string of the molecule is N#CCc1cc(Cl)nc2ccc(-c3ccccc3)cc12. The summed E-state index contributed by atoms with van der Waals surface area (Å²) in [5.74, 6) is 0. The van der Waals surface area contributed by atoms with Crippen LogP contribution in [-0.2, 0) is 6.42 Å². The number of fused-ring (bicyclic) bond motifs is 1. The molecule has 0 aliphatic heterocycles. The van der Waals surface area contributed by atoms with E-state index in [1.807, 2.05) is 30.3 Å². The van der Waals surface area contributed by atoms with E-state index < -0.39 is 0 Å². The smallest absolute Gasteiger partial charge is 0.130 e. The monoisotopic (exact) mass is 278 g/mol. The van der Waals surface area contributed by atoms with Crippen LogP contribution in [0.25, 0.3) is 22.0 Å². The van der Waals surface area contributed by atoms with E-state index in [1.165, 1.54) is 0 Å². The number of nitriles is 1. The number of nitrogens with zero attached hydrogens (tertiary/aromatic N) is 2. The zero-order valence-electron chi connectivity index (χ0n) is 10.7. The summed E-state index contributed by atoms with van der Waals surface area (Å²) in [4.78, 5) is 4.31. The van der Waals surface area contributed by atoms with E-state index in [1.54, 1.807) is 6.07 Å². The van der Waals surface area contributed by atoms with E-state index in [9.17, 15) is 0 Å². The Balaban J connectivity index is 2.22. The van der Waals surface area contributed by atoms with Crippen molar-refractivity contribution in [2.24, 2.45) is 0 Å². The molecule has 1 aromatic heterocycles. The highest BCUT2D eigenvalue weighted by Gasteiger charge is 2.07. The Labute approximate surface area is 122 Å². The normalized spacial score (nSPS) is 10.4. The molecule has 0 unspecified atom stereocenters. The van der Waals surface area contributed by atoms with Crippen molar-refractivity contribution in [2.45, 2.75) is 6.42 Å². The Morgan fingerprint density at radius 2 is 1.80 bits per heavy atom. The van der Waals surface area contributed by atoms with E-state index >= 15 is 0 Å². The van der Waals surface area contributed by atoms with Gasteiger partial charge >= 0.3 is 0 Å². The van der Waals surface area contributed by atoms with Gasteiger partial charge in [0.15, 0.2) is 0 Å². The predicted molar refractivity (Wildman–Crippen MR) is 81.5 cm³/mol. The minimum absolute atomic E-state index is 0.330. The Morgan fingerprint density at radius 1 is 1.00 bits per heavy atom. The fraction of sp³-hybridized carbons (Fsp3) is 0.0588. The highest BCUT2D eigenvalue weighted by Crippen LogP contribution is 2.27. The molecule has 0 fully saturated rings. The van der Waals surface area contributed by atoms with Crippen molar-refractivity contribution in [2.75, 3.05) is 0 Å². The molecule has 3 heteroatoms. The molecule has 0 saturated heterocycles. The average Bonchev–Trinajstić information content (AvgIpc) is 2.48. The summed E-state index contributed by atoms with van der Waals surface area (Å²) in [7, 11) is 0. The van der Waals surface area contributed by atoms with Gasteiger partial charge in [-0.25, -0.2) is 4.98 Å². The van der Waals surface area contributed by atoms with Gasteiger partial charge in [-0.15, -0.1) is 0 Å². The van der Waals surface area contributed by atoms with E-state index in [0.29, 0.717) is 11.6 Å². The van der Waals surface area contributed by atoms with Crippen LogP contribution in [0.15, 0.2) is 54.6 Å². The third-order valence-electron chi connectivity index (χ3n) is 3.24. The summed E-state index contributed by atoms with van der Waals surface area (Å²) in [6, 6.07) is 20.1. The minimum Gasteiger partial charge on any atom is -0.236 e. The molecule has 3 aromatic rings.